The Morgan fingerprint density at radius 1 is 1.39 bits per heavy atom. The Morgan fingerprint density at radius 2 is 2.06 bits per heavy atom. The summed E-state index contributed by atoms with van der Waals surface area (Å²) in [6.07, 6.45) is 0. The third kappa shape index (κ3) is 2.15. The zero-order chi connectivity index (χ0) is 13.3. The van der Waals surface area contributed by atoms with E-state index in [0.29, 0.717) is 10.6 Å². The average Bonchev–Trinajstić information content (AvgIpc) is 2.67. The van der Waals surface area contributed by atoms with Crippen LogP contribution in [0.2, 0.25) is 0 Å². The fourth-order valence-electron chi connectivity index (χ4n) is 1.67. The van der Waals surface area contributed by atoms with Gasteiger partial charge in [0.05, 0.1) is 12.8 Å². The Hall–Kier alpha value is -1.33. The van der Waals surface area contributed by atoms with Gasteiger partial charge in [-0.3, -0.25) is 0 Å². The Labute approximate surface area is 118 Å². The van der Waals surface area contributed by atoms with Crippen LogP contribution in [0.1, 0.15) is 15.2 Å². The first-order chi connectivity index (χ1) is 8.56. The van der Waals surface area contributed by atoms with Crippen molar-refractivity contribution in [1.82, 2.24) is 0 Å². The van der Waals surface area contributed by atoms with E-state index in [1.165, 1.54) is 18.4 Å². The standard InChI is InChI=1S/C13H12BrNO2S/c1-7-10(15)12(13(16)17-2)18-11(7)8-5-3-4-6-9(8)14/h3-6H,15H2,1-2H3. The molecule has 0 fully saturated rings. The van der Waals surface area contributed by atoms with E-state index in [1.54, 1.807) is 0 Å². The van der Waals surface area contributed by atoms with Gasteiger partial charge in [-0.05, 0) is 18.6 Å². The second-order valence-corrected chi connectivity index (χ2v) is 5.65. The van der Waals surface area contributed by atoms with Gasteiger partial charge in [0.2, 0.25) is 0 Å². The lowest BCUT2D eigenvalue weighted by molar-refractivity contribution is 0.0607. The molecule has 0 atom stereocenters. The lowest BCUT2D eigenvalue weighted by Gasteiger charge is -2.02. The molecule has 2 aromatic rings. The van der Waals surface area contributed by atoms with Crippen LogP contribution in [0, 0.1) is 6.92 Å². The van der Waals surface area contributed by atoms with E-state index in [1.807, 2.05) is 31.2 Å². The quantitative estimate of drug-likeness (QED) is 0.853. The summed E-state index contributed by atoms with van der Waals surface area (Å²) in [6, 6.07) is 7.85. The number of ether oxygens (including phenoxy) is 1. The van der Waals surface area contributed by atoms with Gasteiger partial charge in [-0.15, -0.1) is 11.3 Å². The van der Waals surface area contributed by atoms with Crippen LogP contribution in [0.15, 0.2) is 28.7 Å². The van der Waals surface area contributed by atoms with E-state index in [0.717, 1.165) is 20.5 Å². The lowest BCUT2D eigenvalue weighted by atomic mass is 10.1. The Bertz CT molecular complexity index is 607. The van der Waals surface area contributed by atoms with Crippen LogP contribution in [0.25, 0.3) is 10.4 Å². The molecule has 1 aromatic heterocycles. The topological polar surface area (TPSA) is 52.3 Å². The van der Waals surface area contributed by atoms with E-state index < -0.39 is 0 Å². The number of carbonyl (C=O) groups is 1. The minimum Gasteiger partial charge on any atom is -0.465 e. The Morgan fingerprint density at radius 3 is 2.67 bits per heavy atom. The number of hydrogen-bond donors (Lipinski definition) is 1. The molecule has 3 nitrogen and oxygen atoms in total. The number of anilines is 1. The van der Waals surface area contributed by atoms with Crippen molar-refractivity contribution in [3.8, 4) is 10.4 Å². The summed E-state index contributed by atoms with van der Waals surface area (Å²) in [5, 5.41) is 0. The summed E-state index contributed by atoms with van der Waals surface area (Å²) in [6.45, 7) is 1.91. The van der Waals surface area contributed by atoms with Crippen LogP contribution in [-0.2, 0) is 4.74 Å². The van der Waals surface area contributed by atoms with Gasteiger partial charge in [0, 0.05) is 14.9 Å². The van der Waals surface area contributed by atoms with Gasteiger partial charge in [0.1, 0.15) is 4.88 Å². The maximum atomic E-state index is 11.6. The number of carbonyl (C=O) groups excluding carboxylic acids is 1. The van der Waals surface area contributed by atoms with Gasteiger partial charge in [-0.25, -0.2) is 4.79 Å². The summed E-state index contributed by atoms with van der Waals surface area (Å²) in [5.74, 6) is -0.390. The number of nitrogen functional groups attached to an aromatic ring is 1. The maximum Gasteiger partial charge on any atom is 0.350 e. The molecule has 0 aliphatic carbocycles. The lowest BCUT2D eigenvalue weighted by Crippen LogP contribution is -2.01. The summed E-state index contributed by atoms with van der Waals surface area (Å²) >= 11 is 4.86. The Balaban J connectivity index is 2.60. The van der Waals surface area contributed by atoms with Gasteiger partial charge in [-0.1, -0.05) is 34.1 Å². The fourth-order valence-corrected chi connectivity index (χ4v) is 3.47. The highest BCUT2D eigenvalue weighted by Crippen LogP contribution is 2.41. The van der Waals surface area contributed by atoms with E-state index in [4.69, 9.17) is 10.5 Å². The highest BCUT2D eigenvalue weighted by molar-refractivity contribution is 9.10. The van der Waals surface area contributed by atoms with Crippen molar-refractivity contribution >= 4 is 38.9 Å². The van der Waals surface area contributed by atoms with Crippen molar-refractivity contribution < 1.29 is 9.53 Å². The molecule has 18 heavy (non-hydrogen) atoms. The molecule has 0 aliphatic heterocycles. The molecule has 94 valence electrons. The van der Waals surface area contributed by atoms with Gasteiger partial charge >= 0.3 is 5.97 Å². The summed E-state index contributed by atoms with van der Waals surface area (Å²) in [4.78, 5) is 13.1. The van der Waals surface area contributed by atoms with E-state index in [2.05, 4.69) is 15.9 Å². The normalized spacial score (nSPS) is 10.4. The first kappa shape index (κ1) is 13.1. The van der Waals surface area contributed by atoms with Crippen LogP contribution in [0.5, 0.6) is 0 Å². The number of benzene rings is 1. The molecule has 2 rings (SSSR count). The minimum atomic E-state index is -0.390. The van der Waals surface area contributed by atoms with Crippen LogP contribution in [-0.4, -0.2) is 13.1 Å². The van der Waals surface area contributed by atoms with E-state index >= 15 is 0 Å². The van der Waals surface area contributed by atoms with Crippen LogP contribution < -0.4 is 5.73 Å². The maximum absolute atomic E-state index is 11.6. The monoisotopic (exact) mass is 325 g/mol. The molecule has 0 spiro atoms. The van der Waals surface area contributed by atoms with Crippen LogP contribution in [0.4, 0.5) is 5.69 Å². The zero-order valence-electron chi connectivity index (χ0n) is 9.99. The number of thiophene rings is 1. The third-order valence-electron chi connectivity index (χ3n) is 2.68. The van der Waals surface area contributed by atoms with Crippen molar-refractivity contribution in [3.63, 3.8) is 0 Å². The van der Waals surface area contributed by atoms with Gasteiger partial charge in [0.15, 0.2) is 0 Å². The first-order valence-corrected chi connectivity index (χ1v) is 6.89. The molecule has 2 N–H and O–H groups in total. The molecule has 0 aliphatic rings. The molecule has 1 aromatic carbocycles. The largest absolute Gasteiger partial charge is 0.465 e. The summed E-state index contributed by atoms with van der Waals surface area (Å²) in [5.41, 5.74) is 8.40. The SMILES string of the molecule is COC(=O)c1sc(-c2ccccc2Br)c(C)c1N. The predicted molar refractivity (Wildman–Crippen MR) is 77.9 cm³/mol. The van der Waals surface area contributed by atoms with Crippen molar-refractivity contribution in [3.05, 3.63) is 39.2 Å². The smallest absolute Gasteiger partial charge is 0.350 e. The summed E-state index contributed by atoms with van der Waals surface area (Å²) in [7, 11) is 1.36. The molecule has 0 radical (unpaired) electrons. The fraction of sp³-hybridized carbons (Fsp3) is 0.154. The number of nitrogens with two attached hydrogens (primary N) is 1. The van der Waals surface area contributed by atoms with E-state index in [9.17, 15) is 4.79 Å². The molecular weight excluding hydrogens is 314 g/mol. The minimum absolute atomic E-state index is 0.390. The predicted octanol–water partition coefficient (Wildman–Crippen LogP) is 3.85. The molecule has 0 unspecified atom stereocenters. The highest BCUT2D eigenvalue weighted by atomic mass is 79.9. The average molecular weight is 326 g/mol. The molecule has 0 amide bonds. The van der Waals surface area contributed by atoms with Crippen molar-refractivity contribution in [2.75, 3.05) is 12.8 Å². The number of esters is 1. The molecular formula is C13H12BrNO2S. The number of methoxy groups -OCH3 is 1. The van der Waals surface area contributed by atoms with Gasteiger partial charge < -0.3 is 10.5 Å². The second kappa shape index (κ2) is 5.12. The number of rotatable bonds is 2. The van der Waals surface area contributed by atoms with E-state index in [-0.39, 0.29) is 5.97 Å². The second-order valence-electron chi connectivity index (χ2n) is 3.77. The first-order valence-electron chi connectivity index (χ1n) is 5.28. The molecule has 1 heterocycles. The van der Waals surface area contributed by atoms with Crippen LogP contribution >= 0.6 is 27.3 Å². The molecule has 0 saturated carbocycles. The zero-order valence-corrected chi connectivity index (χ0v) is 12.4. The van der Waals surface area contributed by atoms with Crippen molar-refractivity contribution in [1.29, 1.82) is 0 Å². The molecule has 5 heteroatoms. The highest BCUT2D eigenvalue weighted by Gasteiger charge is 2.20. The van der Waals surface area contributed by atoms with Gasteiger partial charge in [0.25, 0.3) is 0 Å². The van der Waals surface area contributed by atoms with Crippen molar-refractivity contribution in [2.45, 2.75) is 6.92 Å². The number of hydrogen-bond acceptors (Lipinski definition) is 4. The van der Waals surface area contributed by atoms with Crippen molar-refractivity contribution in [2.24, 2.45) is 0 Å². The molecule has 0 bridgehead atoms. The molecule has 0 saturated heterocycles. The Kier molecular flexibility index (Phi) is 3.73. The summed E-state index contributed by atoms with van der Waals surface area (Å²) < 4.78 is 5.71. The van der Waals surface area contributed by atoms with Gasteiger partial charge in [-0.2, -0.15) is 0 Å². The number of halogens is 1. The third-order valence-corrected chi connectivity index (χ3v) is 4.70. The van der Waals surface area contributed by atoms with Crippen LogP contribution in [0.3, 0.4) is 0 Å².